The van der Waals surface area contributed by atoms with Gasteiger partial charge in [0.15, 0.2) is 28.5 Å². The minimum atomic E-state index is 0.0470. The van der Waals surface area contributed by atoms with E-state index in [4.69, 9.17) is 20.2 Å². The fourth-order valence-electron chi connectivity index (χ4n) is 4.09. The molecule has 1 aliphatic heterocycles. The first-order valence-corrected chi connectivity index (χ1v) is 10.6. The highest BCUT2D eigenvalue weighted by molar-refractivity contribution is 5.86. The van der Waals surface area contributed by atoms with Crippen LogP contribution < -0.4 is 25.4 Å². The number of piperazine rings is 1. The summed E-state index contributed by atoms with van der Waals surface area (Å²) >= 11 is 0. The summed E-state index contributed by atoms with van der Waals surface area (Å²) in [6.07, 6.45) is 5.27. The largest absolute Gasteiger partial charge is 0.493 e. The van der Waals surface area contributed by atoms with Gasteiger partial charge in [0, 0.05) is 37.6 Å². The molecule has 0 saturated carbocycles. The van der Waals surface area contributed by atoms with E-state index in [1.165, 1.54) is 0 Å². The lowest BCUT2D eigenvalue weighted by atomic mass is 10.0. The molecule has 4 heterocycles. The van der Waals surface area contributed by atoms with Gasteiger partial charge in [-0.25, -0.2) is 9.97 Å². The molecule has 0 amide bonds. The number of aromatic nitrogens is 5. The average Bonchev–Trinajstić information content (AvgIpc) is 2.88. The Morgan fingerprint density at radius 1 is 1.03 bits per heavy atom. The fraction of sp³-hybridized carbons (Fsp3) is 0.261. The van der Waals surface area contributed by atoms with E-state index in [0.717, 1.165) is 30.8 Å². The van der Waals surface area contributed by atoms with Crippen LogP contribution in [0.5, 0.6) is 11.5 Å². The highest BCUT2D eigenvalue weighted by Crippen LogP contribution is 2.34. The first-order chi connectivity index (χ1) is 16.2. The van der Waals surface area contributed by atoms with Crippen molar-refractivity contribution >= 4 is 22.9 Å². The molecule has 0 aliphatic carbocycles. The third kappa shape index (κ3) is 3.96. The molecule has 3 aromatic heterocycles. The molecule has 0 radical (unpaired) electrons. The van der Waals surface area contributed by atoms with E-state index < -0.39 is 0 Å². The van der Waals surface area contributed by atoms with Crippen molar-refractivity contribution in [2.45, 2.75) is 6.04 Å². The van der Waals surface area contributed by atoms with E-state index in [9.17, 15) is 0 Å². The number of benzene rings is 1. The molecule has 10 heteroatoms. The molecule has 10 nitrogen and oxygen atoms in total. The smallest absolute Gasteiger partial charge is 0.224 e. The molecule has 1 atom stereocenters. The molecule has 168 valence electrons. The third-order valence-corrected chi connectivity index (χ3v) is 5.69. The lowest BCUT2D eigenvalue weighted by Crippen LogP contribution is -2.46. The van der Waals surface area contributed by atoms with Crippen LogP contribution in [-0.2, 0) is 0 Å². The van der Waals surface area contributed by atoms with Crippen molar-refractivity contribution in [1.82, 2.24) is 30.2 Å². The molecule has 0 spiro atoms. The van der Waals surface area contributed by atoms with E-state index in [-0.39, 0.29) is 12.0 Å². The Kier molecular flexibility index (Phi) is 5.57. The predicted octanol–water partition coefficient (Wildman–Crippen LogP) is 2.23. The number of hydrogen-bond donors (Lipinski definition) is 2. The Balaban J connectivity index is 1.63. The zero-order chi connectivity index (χ0) is 22.8. The van der Waals surface area contributed by atoms with Crippen molar-refractivity contribution in [3.8, 4) is 22.8 Å². The summed E-state index contributed by atoms with van der Waals surface area (Å²) in [5.41, 5.74) is 9.76. The van der Waals surface area contributed by atoms with Gasteiger partial charge in [0.25, 0.3) is 0 Å². The molecular weight excluding hydrogens is 420 g/mol. The van der Waals surface area contributed by atoms with Crippen molar-refractivity contribution in [2.75, 3.05) is 44.5 Å². The van der Waals surface area contributed by atoms with Gasteiger partial charge in [0.05, 0.1) is 32.2 Å². The maximum absolute atomic E-state index is 6.06. The van der Waals surface area contributed by atoms with E-state index >= 15 is 0 Å². The molecule has 3 N–H and O–H groups in total. The van der Waals surface area contributed by atoms with Crippen LogP contribution in [0.15, 0.2) is 48.9 Å². The number of hydrogen-bond acceptors (Lipinski definition) is 10. The van der Waals surface area contributed by atoms with Gasteiger partial charge in [-0.15, -0.1) is 0 Å². The van der Waals surface area contributed by atoms with E-state index in [1.54, 1.807) is 32.8 Å². The van der Waals surface area contributed by atoms with E-state index in [2.05, 4.69) is 30.2 Å². The number of nitrogens with two attached hydrogens (primary N) is 1. The summed E-state index contributed by atoms with van der Waals surface area (Å²) in [6, 6.07) is 9.70. The van der Waals surface area contributed by atoms with Gasteiger partial charge in [-0.3, -0.25) is 4.98 Å². The summed E-state index contributed by atoms with van der Waals surface area (Å²) in [4.78, 5) is 24.7. The molecule has 1 unspecified atom stereocenters. The predicted molar refractivity (Wildman–Crippen MR) is 125 cm³/mol. The second kappa shape index (κ2) is 8.83. The van der Waals surface area contributed by atoms with E-state index in [0.29, 0.717) is 34.2 Å². The normalized spacial score (nSPS) is 16.1. The Morgan fingerprint density at radius 3 is 2.64 bits per heavy atom. The number of rotatable bonds is 5. The zero-order valence-corrected chi connectivity index (χ0v) is 18.4. The quantitative estimate of drug-likeness (QED) is 0.473. The summed E-state index contributed by atoms with van der Waals surface area (Å²) in [5, 5.41) is 3.46. The number of ether oxygens (including phenoxy) is 2. The Labute approximate surface area is 190 Å². The molecule has 1 fully saturated rings. The number of methoxy groups -OCH3 is 2. The molecule has 4 aromatic rings. The van der Waals surface area contributed by atoms with Gasteiger partial charge in [-0.2, -0.15) is 9.97 Å². The lowest BCUT2D eigenvalue weighted by Gasteiger charge is -2.37. The Hall–Kier alpha value is -4.05. The van der Waals surface area contributed by atoms with Crippen LogP contribution in [0.3, 0.4) is 0 Å². The van der Waals surface area contributed by atoms with Crippen molar-refractivity contribution in [3.05, 3.63) is 54.5 Å². The zero-order valence-electron chi connectivity index (χ0n) is 18.4. The van der Waals surface area contributed by atoms with Crippen LogP contribution in [0.25, 0.3) is 22.4 Å². The summed E-state index contributed by atoms with van der Waals surface area (Å²) in [7, 11) is 3.21. The molecule has 1 saturated heterocycles. The van der Waals surface area contributed by atoms with Crippen LogP contribution >= 0.6 is 0 Å². The standard InChI is InChI=1S/C23H24N8O2/c1-32-18-4-3-15(11-19(18)33-2)16-12-27-21-20(28-16)22(30-23(24)29-21)31-10-9-26-13-17(31)14-5-7-25-8-6-14/h3-8,11-12,17,26H,9-10,13H2,1-2H3,(H2,24,27,29,30). The molecule has 5 rings (SSSR count). The van der Waals surface area contributed by atoms with Crippen LogP contribution in [0, 0.1) is 0 Å². The Morgan fingerprint density at radius 2 is 1.85 bits per heavy atom. The van der Waals surface area contributed by atoms with Gasteiger partial charge in [-0.05, 0) is 35.9 Å². The minimum absolute atomic E-state index is 0.0470. The molecule has 1 aromatic carbocycles. The number of nitrogens with zero attached hydrogens (tertiary/aromatic N) is 6. The van der Waals surface area contributed by atoms with Crippen molar-refractivity contribution in [1.29, 1.82) is 0 Å². The van der Waals surface area contributed by atoms with Crippen molar-refractivity contribution in [3.63, 3.8) is 0 Å². The third-order valence-electron chi connectivity index (χ3n) is 5.69. The average molecular weight is 444 g/mol. The van der Waals surface area contributed by atoms with Crippen LogP contribution in [0.2, 0.25) is 0 Å². The number of nitrogens with one attached hydrogen (secondary N) is 1. The van der Waals surface area contributed by atoms with Gasteiger partial charge < -0.3 is 25.4 Å². The molecule has 0 bridgehead atoms. The highest BCUT2D eigenvalue weighted by Gasteiger charge is 2.28. The maximum Gasteiger partial charge on any atom is 0.224 e. The monoisotopic (exact) mass is 444 g/mol. The lowest BCUT2D eigenvalue weighted by molar-refractivity contribution is 0.355. The number of anilines is 2. The SMILES string of the molecule is COc1ccc(-c2cnc3nc(N)nc(N4CCNCC4c4ccncc4)c3n2)cc1OC. The molecule has 1 aliphatic rings. The first-order valence-electron chi connectivity index (χ1n) is 10.6. The number of fused-ring (bicyclic) bond motifs is 1. The summed E-state index contributed by atoms with van der Waals surface area (Å²) in [6.45, 7) is 2.31. The van der Waals surface area contributed by atoms with Gasteiger partial charge in [0.2, 0.25) is 5.95 Å². The van der Waals surface area contributed by atoms with Crippen LogP contribution in [0.4, 0.5) is 11.8 Å². The number of pyridine rings is 1. The molecular formula is C23H24N8O2. The van der Waals surface area contributed by atoms with Crippen LogP contribution in [0.1, 0.15) is 11.6 Å². The van der Waals surface area contributed by atoms with Crippen molar-refractivity contribution in [2.24, 2.45) is 0 Å². The second-order valence-electron chi connectivity index (χ2n) is 7.60. The Bertz CT molecular complexity index is 1280. The number of nitrogen functional groups attached to an aromatic ring is 1. The van der Waals surface area contributed by atoms with Crippen LogP contribution in [-0.4, -0.2) is 58.8 Å². The first kappa shape index (κ1) is 20.8. The summed E-state index contributed by atoms with van der Waals surface area (Å²) < 4.78 is 10.8. The van der Waals surface area contributed by atoms with Crippen molar-refractivity contribution < 1.29 is 9.47 Å². The molecule has 33 heavy (non-hydrogen) atoms. The topological polar surface area (TPSA) is 124 Å². The van der Waals surface area contributed by atoms with E-state index in [1.807, 2.05) is 30.3 Å². The maximum atomic E-state index is 6.06. The van der Waals surface area contributed by atoms with Gasteiger partial charge >= 0.3 is 0 Å². The van der Waals surface area contributed by atoms with Gasteiger partial charge in [0.1, 0.15) is 0 Å². The highest BCUT2D eigenvalue weighted by atomic mass is 16.5. The minimum Gasteiger partial charge on any atom is -0.493 e. The fourth-order valence-corrected chi connectivity index (χ4v) is 4.09. The van der Waals surface area contributed by atoms with Gasteiger partial charge in [-0.1, -0.05) is 0 Å². The second-order valence-corrected chi connectivity index (χ2v) is 7.60. The summed E-state index contributed by atoms with van der Waals surface area (Å²) in [5.74, 6) is 2.09.